The minimum Gasteiger partial charge on any atom is -0.497 e. The molecule has 2 aromatic carbocycles. The molecule has 0 aliphatic rings. The fraction of sp³-hybridized carbons (Fsp3) is 0.391. The third kappa shape index (κ3) is 4.91. The normalized spacial score (nSPS) is 11.5. The van der Waals surface area contributed by atoms with Crippen LogP contribution in [0.2, 0.25) is 0 Å². The zero-order chi connectivity index (χ0) is 20.8. The van der Waals surface area contributed by atoms with E-state index in [0.717, 1.165) is 29.1 Å². The molecule has 0 saturated heterocycles. The summed E-state index contributed by atoms with van der Waals surface area (Å²) in [5.74, 6) is 2.45. The second-order valence-corrected chi connectivity index (χ2v) is 7.29. The molecule has 0 bridgehead atoms. The number of nitrogens with two attached hydrogens (primary N) is 1. The molecular weight excluding hydrogens is 352 g/mol. The van der Waals surface area contributed by atoms with Crippen LogP contribution in [-0.4, -0.2) is 35.4 Å². The van der Waals surface area contributed by atoms with Crippen LogP contribution in [0.4, 0.5) is 11.4 Å². The molecule has 152 valence electrons. The molecule has 0 aromatic heterocycles. The summed E-state index contributed by atoms with van der Waals surface area (Å²) in [6.45, 7) is 4.39. The van der Waals surface area contributed by atoms with E-state index in [2.05, 4.69) is 32.1 Å². The SMILES string of the molecule is COc1cc(/C=C(\Cc2ccc(N)c(N(C)C)c2)C(C)C)c(OC)c(OC)c1. The van der Waals surface area contributed by atoms with Crippen LogP contribution < -0.4 is 24.8 Å². The topological polar surface area (TPSA) is 57.0 Å². The highest BCUT2D eigenvalue weighted by Gasteiger charge is 2.14. The fourth-order valence-corrected chi connectivity index (χ4v) is 3.14. The van der Waals surface area contributed by atoms with Gasteiger partial charge in [-0.15, -0.1) is 0 Å². The Labute approximate surface area is 168 Å². The quantitative estimate of drug-likeness (QED) is 0.672. The van der Waals surface area contributed by atoms with Crippen LogP contribution in [0.3, 0.4) is 0 Å². The van der Waals surface area contributed by atoms with Gasteiger partial charge in [0.25, 0.3) is 0 Å². The van der Waals surface area contributed by atoms with E-state index in [1.165, 1.54) is 11.1 Å². The molecule has 0 atom stereocenters. The molecule has 2 aromatic rings. The van der Waals surface area contributed by atoms with E-state index >= 15 is 0 Å². The minimum atomic E-state index is 0.363. The molecule has 2 N–H and O–H groups in total. The van der Waals surface area contributed by atoms with Crippen molar-refractivity contribution in [3.8, 4) is 17.2 Å². The van der Waals surface area contributed by atoms with Crippen molar-refractivity contribution in [2.75, 3.05) is 46.1 Å². The summed E-state index contributed by atoms with van der Waals surface area (Å²) in [6, 6.07) is 10.0. The van der Waals surface area contributed by atoms with E-state index in [0.29, 0.717) is 17.4 Å². The van der Waals surface area contributed by atoms with E-state index < -0.39 is 0 Å². The lowest BCUT2D eigenvalue weighted by Gasteiger charge is -2.19. The van der Waals surface area contributed by atoms with E-state index in [-0.39, 0.29) is 0 Å². The van der Waals surface area contributed by atoms with Crippen molar-refractivity contribution in [1.29, 1.82) is 0 Å². The van der Waals surface area contributed by atoms with Crippen molar-refractivity contribution in [3.63, 3.8) is 0 Å². The van der Waals surface area contributed by atoms with Crippen LogP contribution in [0.5, 0.6) is 17.2 Å². The number of nitrogens with zero attached hydrogens (tertiary/aromatic N) is 1. The van der Waals surface area contributed by atoms with Gasteiger partial charge in [-0.2, -0.15) is 0 Å². The minimum absolute atomic E-state index is 0.363. The Hall–Kier alpha value is -2.82. The molecule has 0 radical (unpaired) electrons. The molecule has 0 unspecified atom stereocenters. The van der Waals surface area contributed by atoms with Gasteiger partial charge in [0.15, 0.2) is 11.5 Å². The highest BCUT2D eigenvalue weighted by atomic mass is 16.5. The van der Waals surface area contributed by atoms with E-state index in [4.69, 9.17) is 19.9 Å². The van der Waals surface area contributed by atoms with Crippen molar-refractivity contribution in [3.05, 3.63) is 47.0 Å². The number of hydrogen-bond acceptors (Lipinski definition) is 5. The molecule has 0 heterocycles. The molecule has 0 spiro atoms. The molecule has 0 fully saturated rings. The fourth-order valence-electron chi connectivity index (χ4n) is 3.14. The molecule has 2 rings (SSSR count). The first kappa shape index (κ1) is 21.5. The maximum atomic E-state index is 6.11. The zero-order valence-electron chi connectivity index (χ0n) is 18.0. The summed E-state index contributed by atoms with van der Waals surface area (Å²) in [5, 5.41) is 0. The van der Waals surface area contributed by atoms with Crippen molar-refractivity contribution < 1.29 is 14.2 Å². The molecule has 0 aliphatic carbocycles. The molecule has 5 heteroatoms. The molecule has 0 amide bonds. The van der Waals surface area contributed by atoms with E-state index in [1.54, 1.807) is 21.3 Å². The second-order valence-electron chi connectivity index (χ2n) is 7.29. The van der Waals surface area contributed by atoms with Crippen molar-refractivity contribution >= 4 is 17.5 Å². The first-order chi connectivity index (χ1) is 13.3. The van der Waals surface area contributed by atoms with Gasteiger partial charge in [0.05, 0.1) is 32.7 Å². The van der Waals surface area contributed by atoms with Gasteiger partial charge in [-0.1, -0.05) is 31.6 Å². The Morgan fingerprint density at radius 1 is 1.04 bits per heavy atom. The van der Waals surface area contributed by atoms with Crippen molar-refractivity contribution in [1.82, 2.24) is 0 Å². The Morgan fingerprint density at radius 3 is 2.29 bits per heavy atom. The number of ether oxygens (including phenoxy) is 3. The summed E-state index contributed by atoms with van der Waals surface area (Å²) < 4.78 is 16.5. The third-order valence-electron chi connectivity index (χ3n) is 4.78. The Bertz CT molecular complexity index is 842. The number of hydrogen-bond donors (Lipinski definition) is 1. The lowest BCUT2D eigenvalue weighted by atomic mass is 9.93. The van der Waals surface area contributed by atoms with E-state index in [1.807, 2.05) is 37.2 Å². The molecule has 28 heavy (non-hydrogen) atoms. The largest absolute Gasteiger partial charge is 0.497 e. The van der Waals surface area contributed by atoms with Gasteiger partial charge in [0.2, 0.25) is 0 Å². The lowest BCUT2D eigenvalue weighted by molar-refractivity contribution is 0.348. The molecular formula is C23H32N2O3. The Morgan fingerprint density at radius 2 is 1.75 bits per heavy atom. The average molecular weight is 385 g/mol. The number of nitrogen functional groups attached to an aromatic ring is 1. The summed E-state index contributed by atoms with van der Waals surface area (Å²) in [6.07, 6.45) is 2.99. The van der Waals surface area contributed by atoms with Crippen molar-refractivity contribution in [2.45, 2.75) is 20.3 Å². The standard InChI is InChI=1S/C23H32N2O3/c1-15(2)17(10-16-8-9-20(24)21(11-16)25(3)4)12-18-13-19(26-5)14-22(27-6)23(18)28-7/h8-9,11-15H,10,24H2,1-7H3/b17-12+. The average Bonchev–Trinajstić information content (AvgIpc) is 2.67. The van der Waals surface area contributed by atoms with Gasteiger partial charge in [-0.3, -0.25) is 0 Å². The summed E-state index contributed by atoms with van der Waals surface area (Å²) >= 11 is 0. The van der Waals surface area contributed by atoms with Crippen LogP contribution in [0, 0.1) is 5.92 Å². The van der Waals surface area contributed by atoms with E-state index in [9.17, 15) is 0 Å². The highest BCUT2D eigenvalue weighted by Crippen LogP contribution is 2.38. The zero-order valence-corrected chi connectivity index (χ0v) is 18.0. The molecule has 5 nitrogen and oxygen atoms in total. The Kier molecular flexibility index (Phi) is 7.21. The van der Waals surface area contributed by atoms with Crippen LogP contribution in [0.1, 0.15) is 25.0 Å². The van der Waals surface area contributed by atoms with Crippen LogP contribution in [0.15, 0.2) is 35.9 Å². The Balaban J connectivity index is 2.50. The van der Waals surface area contributed by atoms with Gasteiger partial charge in [0, 0.05) is 25.7 Å². The van der Waals surface area contributed by atoms with Crippen LogP contribution in [-0.2, 0) is 6.42 Å². The smallest absolute Gasteiger partial charge is 0.168 e. The summed E-state index contributed by atoms with van der Waals surface area (Å²) in [5.41, 5.74) is 11.3. The third-order valence-corrected chi connectivity index (χ3v) is 4.78. The predicted molar refractivity (Wildman–Crippen MR) is 118 cm³/mol. The van der Waals surface area contributed by atoms with Crippen LogP contribution in [0.25, 0.3) is 6.08 Å². The molecule has 0 saturated carbocycles. The lowest BCUT2D eigenvalue weighted by Crippen LogP contribution is -2.11. The number of anilines is 2. The summed E-state index contributed by atoms with van der Waals surface area (Å²) in [4.78, 5) is 2.04. The van der Waals surface area contributed by atoms with Crippen LogP contribution >= 0.6 is 0 Å². The van der Waals surface area contributed by atoms with Gasteiger partial charge in [-0.25, -0.2) is 0 Å². The van der Waals surface area contributed by atoms with Gasteiger partial charge >= 0.3 is 0 Å². The van der Waals surface area contributed by atoms with Crippen molar-refractivity contribution in [2.24, 2.45) is 5.92 Å². The van der Waals surface area contributed by atoms with Gasteiger partial charge in [-0.05, 0) is 36.1 Å². The first-order valence-corrected chi connectivity index (χ1v) is 9.36. The first-order valence-electron chi connectivity index (χ1n) is 9.36. The number of allylic oxidation sites excluding steroid dienone is 1. The maximum absolute atomic E-state index is 6.11. The second kappa shape index (κ2) is 9.40. The molecule has 0 aliphatic heterocycles. The van der Waals surface area contributed by atoms with Gasteiger partial charge in [0.1, 0.15) is 5.75 Å². The maximum Gasteiger partial charge on any atom is 0.168 e. The number of methoxy groups -OCH3 is 3. The number of rotatable bonds is 8. The van der Waals surface area contributed by atoms with Gasteiger partial charge < -0.3 is 24.8 Å². The number of benzene rings is 2. The highest BCUT2D eigenvalue weighted by molar-refractivity contribution is 5.69. The monoisotopic (exact) mass is 384 g/mol. The summed E-state index contributed by atoms with van der Waals surface area (Å²) in [7, 11) is 8.94. The predicted octanol–water partition coefficient (Wildman–Crippen LogP) is 4.64.